The second-order valence-electron chi connectivity index (χ2n) is 5.31. The van der Waals surface area contributed by atoms with E-state index >= 15 is 0 Å². The highest BCUT2D eigenvalue weighted by molar-refractivity contribution is 6.10. The predicted molar refractivity (Wildman–Crippen MR) is 88.3 cm³/mol. The van der Waals surface area contributed by atoms with Crippen molar-refractivity contribution < 1.29 is 33.0 Å². The molecule has 0 heterocycles. The molecule has 0 aliphatic rings. The van der Waals surface area contributed by atoms with Crippen LogP contribution in [0.1, 0.15) is 26.3 Å². The Morgan fingerprint density at radius 1 is 1.04 bits per heavy atom. The van der Waals surface area contributed by atoms with Gasteiger partial charge in [-0.05, 0) is 36.4 Å². The third-order valence-corrected chi connectivity index (χ3v) is 3.30. The van der Waals surface area contributed by atoms with Crippen LogP contribution < -0.4 is 10.5 Å². The van der Waals surface area contributed by atoms with Crippen molar-refractivity contribution in [2.75, 3.05) is 19.8 Å². The van der Waals surface area contributed by atoms with Gasteiger partial charge in [0.2, 0.25) is 5.91 Å². The second-order valence-corrected chi connectivity index (χ2v) is 5.31. The van der Waals surface area contributed by atoms with Crippen LogP contribution in [0, 0.1) is 0 Å². The van der Waals surface area contributed by atoms with Crippen LogP contribution in [-0.2, 0) is 4.74 Å². The van der Waals surface area contributed by atoms with Gasteiger partial charge in [0.1, 0.15) is 5.75 Å². The van der Waals surface area contributed by atoms with E-state index in [1.165, 1.54) is 48.5 Å². The quantitative estimate of drug-likeness (QED) is 0.523. The Labute approximate surface area is 148 Å². The van der Waals surface area contributed by atoms with Crippen molar-refractivity contribution >= 4 is 11.7 Å². The van der Waals surface area contributed by atoms with Crippen LogP contribution in [-0.4, -0.2) is 42.7 Å². The average molecular weight is 365 g/mol. The Balaban J connectivity index is 2.08. The maximum absolute atomic E-state index is 13.5. The van der Waals surface area contributed by atoms with Gasteiger partial charge in [-0.25, -0.2) is 0 Å². The van der Waals surface area contributed by atoms with E-state index in [1.54, 1.807) is 0 Å². The molecule has 0 aromatic heterocycles. The molecule has 0 aliphatic carbocycles. The Morgan fingerprint density at radius 2 is 1.69 bits per heavy atom. The topological polar surface area (TPSA) is 98.9 Å². The van der Waals surface area contributed by atoms with E-state index in [9.17, 15) is 18.4 Å². The van der Waals surface area contributed by atoms with Crippen LogP contribution in [0.25, 0.3) is 0 Å². The summed E-state index contributed by atoms with van der Waals surface area (Å²) in [6.07, 6.45) is -3.57. The molecule has 2 rings (SSSR count). The molecule has 26 heavy (non-hydrogen) atoms. The SMILES string of the molecule is NC(=O)c1cccc(C(=O)c2ccc(OC(F)(F)COCCO)cc2)c1. The van der Waals surface area contributed by atoms with Gasteiger partial charge in [-0.3, -0.25) is 9.59 Å². The molecule has 0 aliphatic heterocycles. The Morgan fingerprint density at radius 3 is 2.31 bits per heavy atom. The van der Waals surface area contributed by atoms with Gasteiger partial charge in [0.05, 0.1) is 13.2 Å². The standard InChI is InChI=1S/C18H17F2NO5/c19-18(20,11-25-9-8-22)26-15-6-4-12(5-7-15)16(23)13-2-1-3-14(10-13)17(21)24/h1-7,10,22H,8-9,11H2,(H2,21,24). The van der Waals surface area contributed by atoms with E-state index in [0.29, 0.717) is 0 Å². The monoisotopic (exact) mass is 365 g/mol. The molecule has 0 saturated heterocycles. The maximum Gasteiger partial charge on any atom is 0.421 e. The number of ketones is 1. The van der Waals surface area contributed by atoms with Gasteiger partial charge in [0, 0.05) is 16.7 Å². The lowest BCUT2D eigenvalue weighted by molar-refractivity contribution is -0.212. The summed E-state index contributed by atoms with van der Waals surface area (Å²) in [4.78, 5) is 23.6. The smallest absolute Gasteiger partial charge is 0.421 e. The number of carbonyl (C=O) groups excluding carboxylic acids is 2. The van der Waals surface area contributed by atoms with Gasteiger partial charge in [-0.15, -0.1) is 0 Å². The number of aliphatic hydroxyl groups excluding tert-OH is 1. The lowest BCUT2D eigenvalue weighted by Crippen LogP contribution is -2.31. The van der Waals surface area contributed by atoms with Gasteiger partial charge in [0.15, 0.2) is 12.4 Å². The van der Waals surface area contributed by atoms with Crippen molar-refractivity contribution in [3.63, 3.8) is 0 Å². The highest BCUT2D eigenvalue weighted by Gasteiger charge is 2.32. The Hall–Kier alpha value is -2.84. The van der Waals surface area contributed by atoms with E-state index in [1.807, 2.05) is 0 Å². The zero-order valence-electron chi connectivity index (χ0n) is 13.7. The lowest BCUT2D eigenvalue weighted by atomic mass is 10.0. The van der Waals surface area contributed by atoms with Crippen molar-refractivity contribution in [1.82, 2.24) is 0 Å². The summed E-state index contributed by atoms with van der Waals surface area (Å²) in [7, 11) is 0. The summed E-state index contributed by atoms with van der Waals surface area (Å²) < 4.78 is 36.2. The van der Waals surface area contributed by atoms with E-state index in [-0.39, 0.29) is 35.7 Å². The van der Waals surface area contributed by atoms with E-state index in [4.69, 9.17) is 10.8 Å². The average Bonchev–Trinajstić information content (AvgIpc) is 2.61. The Kier molecular flexibility index (Phi) is 6.37. The van der Waals surface area contributed by atoms with Crippen molar-refractivity contribution in [3.05, 3.63) is 65.2 Å². The molecule has 0 saturated carbocycles. The number of halogens is 2. The van der Waals surface area contributed by atoms with Gasteiger partial charge < -0.3 is 20.3 Å². The summed E-state index contributed by atoms with van der Waals surface area (Å²) in [5.41, 5.74) is 5.86. The number of aliphatic hydroxyl groups is 1. The largest absolute Gasteiger partial charge is 0.431 e. The van der Waals surface area contributed by atoms with Crippen LogP contribution in [0.3, 0.4) is 0 Å². The van der Waals surface area contributed by atoms with Crippen molar-refractivity contribution in [3.8, 4) is 5.75 Å². The number of rotatable bonds is 9. The van der Waals surface area contributed by atoms with Crippen LogP contribution in [0.5, 0.6) is 5.75 Å². The van der Waals surface area contributed by atoms with Gasteiger partial charge in [-0.1, -0.05) is 12.1 Å². The highest BCUT2D eigenvalue weighted by atomic mass is 19.3. The first-order chi connectivity index (χ1) is 12.3. The Bertz CT molecular complexity index is 777. The summed E-state index contributed by atoms with van der Waals surface area (Å²) >= 11 is 0. The van der Waals surface area contributed by atoms with Crippen LogP contribution in [0.4, 0.5) is 8.78 Å². The van der Waals surface area contributed by atoms with Crippen molar-refractivity contribution in [2.24, 2.45) is 5.73 Å². The summed E-state index contributed by atoms with van der Waals surface area (Å²) in [6.45, 7) is -1.60. The minimum absolute atomic E-state index is 0.148. The van der Waals surface area contributed by atoms with Crippen molar-refractivity contribution in [2.45, 2.75) is 6.11 Å². The molecule has 1 amide bonds. The zero-order chi connectivity index (χ0) is 19.2. The first kappa shape index (κ1) is 19.5. The maximum atomic E-state index is 13.5. The molecule has 6 nitrogen and oxygen atoms in total. The predicted octanol–water partition coefficient (Wildman–Crippen LogP) is 2.00. The number of carbonyl (C=O) groups is 2. The number of primary amides is 1. The molecular formula is C18H17F2NO5. The van der Waals surface area contributed by atoms with Crippen LogP contribution in [0.15, 0.2) is 48.5 Å². The van der Waals surface area contributed by atoms with Gasteiger partial charge in [0.25, 0.3) is 0 Å². The molecule has 3 N–H and O–H groups in total. The summed E-state index contributed by atoms with van der Waals surface area (Å²) in [6, 6.07) is 11.0. The third-order valence-electron chi connectivity index (χ3n) is 3.30. The van der Waals surface area contributed by atoms with Gasteiger partial charge >= 0.3 is 6.11 Å². The number of hydrogen-bond donors (Lipinski definition) is 2. The van der Waals surface area contributed by atoms with Crippen LogP contribution >= 0.6 is 0 Å². The molecule has 0 bridgehead atoms. The van der Waals surface area contributed by atoms with E-state index in [0.717, 1.165) is 0 Å². The van der Waals surface area contributed by atoms with E-state index < -0.39 is 24.4 Å². The molecule has 0 fully saturated rings. The number of ether oxygens (including phenoxy) is 2. The molecule has 0 radical (unpaired) electrons. The highest BCUT2D eigenvalue weighted by Crippen LogP contribution is 2.23. The zero-order valence-corrected chi connectivity index (χ0v) is 13.7. The minimum Gasteiger partial charge on any atom is -0.431 e. The number of nitrogens with two attached hydrogens (primary N) is 1. The lowest BCUT2D eigenvalue weighted by Gasteiger charge is -2.17. The fourth-order valence-corrected chi connectivity index (χ4v) is 2.11. The molecule has 8 heteroatoms. The van der Waals surface area contributed by atoms with E-state index in [2.05, 4.69) is 9.47 Å². The first-order valence-electron chi connectivity index (χ1n) is 7.62. The fraction of sp³-hybridized carbons (Fsp3) is 0.222. The minimum atomic E-state index is -3.57. The van der Waals surface area contributed by atoms with Gasteiger partial charge in [-0.2, -0.15) is 8.78 Å². The number of alkyl halides is 2. The first-order valence-corrected chi connectivity index (χ1v) is 7.62. The molecule has 0 spiro atoms. The molecule has 0 unspecified atom stereocenters. The number of benzene rings is 2. The normalized spacial score (nSPS) is 11.2. The van der Waals surface area contributed by atoms with Crippen molar-refractivity contribution in [1.29, 1.82) is 0 Å². The number of hydrogen-bond acceptors (Lipinski definition) is 5. The molecule has 0 atom stereocenters. The second kappa shape index (κ2) is 8.50. The van der Waals surface area contributed by atoms with Crippen LogP contribution in [0.2, 0.25) is 0 Å². The molecular weight excluding hydrogens is 348 g/mol. The molecule has 2 aromatic rings. The fourth-order valence-electron chi connectivity index (χ4n) is 2.11. The number of amides is 1. The molecule has 2 aromatic carbocycles. The molecule has 138 valence electrons. The summed E-state index contributed by atoms with van der Waals surface area (Å²) in [5, 5.41) is 8.51. The third kappa shape index (κ3) is 5.33. The summed E-state index contributed by atoms with van der Waals surface area (Å²) in [5.74, 6) is -1.20.